The van der Waals surface area contributed by atoms with Gasteiger partial charge in [-0.3, -0.25) is 0 Å². The highest BCUT2D eigenvalue weighted by atomic mass is 35.5. The summed E-state index contributed by atoms with van der Waals surface area (Å²) in [5.41, 5.74) is 3.55. The molecule has 1 aromatic carbocycles. The molecule has 0 saturated carbocycles. The zero-order valence-corrected chi connectivity index (χ0v) is 9.72. The summed E-state index contributed by atoms with van der Waals surface area (Å²) >= 11 is 6.07. The highest BCUT2D eigenvalue weighted by Crippen LogP contribution is 2.31. The Morgan fingerprint density at radius 1 is 1.20 bits per heavy atom. The molecule has 0 aliphatic carbocycles. The zero-order chi connectivity index (χ0) is 11.3. The molecule has 1 rings (SSSR count). The van der Waals surface area contributed by atoms with Crippen LogP contribution in [-0.2, 0) is 11.4 Å². The van der Waals surface area contributed by atoms with E-state index in [1.165, 1.54) is 0 Å². The molecule has 4 nitrogen and oxygen atoms in total. The third-order valence-electron chi connectivity index (χ3n) is 1.98. The monoisotopic (exact) mass is 231 g/mol. The predicted molar refractivity (Wildman–Crippen MR) is 58.4 cm³/mol. The SMILES string of the molecule is CONCc1c(Cl)cc(OC)cc1OC. The zero-order valence-electron chi connectivity index (χ0n) is 8.96. The third-order valence-corrected chi connectivity index (χ3v) is 2.31. The molecule has 0 saturated heterocycles. The fourth-order valence-corrected chi connectivity index (χ4v) is 1.47. The van der Waals surface area contributed by atoms with Gasteiger partial charge in [0.2, 0.25) is 0 Å². The molecule has 0 unspecified atom stereocenters. The van der Waals surface area contributed by atoms with Crippen molar-refractivity contribution in [3.63, 3.8) is 0 Å². The van der Waals surface area contributed by atoms with Gasteiger partial charge in [0.15, 0.2) is 0 Å². The van der Waals surface area contributed by atoms with Gasteiger partial charge in [-0.25, -0.2) is 0 Å². The molecule has 1 N–H and O–H groups in total. The van der Waals surface area contributed by atoms with E-state index in [1.54, 1.807) is 33.5 Å². The van der Waals surface area contributed by atoms with Gasteiger partial charge in [-0.15, -0.1) is 0 Å². The van der Waals surface area contributed by atoms with Gasteiger partial charge in [0.05, 0.1) is 32.9 Å². The molecule has 0 aliphatic heterocycles. The minimum atomic E-state index is 0.475. The van der Waals surface area contributed by atoms with Crippen molar-refractivity contribution in [3.05, 3.63) is 22.7 Å². The van der Waals surface area contributed by atoms with Gasteiger partial charge in [-0.05, 0) is 6.07 Å². The van der Waals surface area contributed by atoms with Crippen LogP contribution in [0.3, 0.4) is 0 Å². The second-order valence-electron chi connectivity index (χ2n) is 2.82. The summed E-state index contributed by atoms with van der Waals surface area (Å²) in [4.78, 5) is 4.76. The van der Waals surface area contributed by atoms with Crippen molar-refractivity contribution in [2.45, 2.75) is 6.54 Å². The molecule has 15 heavy (non-hydrogen) atoms. The topological polar surface area (TPSA) is 39.7 Å². The van der Waals surface area contributed by atoms with Crippen LogP contribution in [0.1, 0.15) is 5.56 Å². The molecular formula is C10H14ClNO3. The first-order valence-electron chi connectivity index (χ1n) is 4.39. The van der Waals surface area contributed by atoms with Crippen molar-refractivity contribution in [2.75, 3.05) is 21.3 Å². The van der Waals surface area contributed by atoms with E-state index >= 15 is 0 Å². The molecule has 0 amide bonds. The predicted octanol–water partition coefficient (Wildman–Crippen LogP) is 2.01. The highest BCUT2D eigenvalue weighted by molar-refractivity contribution is 6.31. The number of hydrogen-bond acceptors (Lipinski definition) is 4. The first-order chi connectivity index (χ1) is 7.22. The maximum absolute atomic E-state index is 6.07. The van der Waals surface area contributed by atoms with Crippen LogP contribution in [0.4, 0.5) is 0 Å². The number of halogens is 1. The summed E-state index contributed by atoms with van der Waals surface area (Å²) in [5, 5.41) is 0.579. The lowest BCUT2D eigenvalue weighted by molar-refractivity contribution is 0.0861. The van der Waals surface area contributed by atoms with Crippen LogP contribution >= 0.6 is 11.6 Å². The van der Waals surface area contributed by atoms with Crippen molar-refractivity contribution in [3.8, 4) is 11.5 Å². The lowest BCUT2D eigenvalue weighted by Crippen LogP contribution is -2.12. The van der Waals surface area contributed by atoms with Gasteiger partial charge >= 0.3 is 0 Å². The van der Waals surface area contributed by atoms with Crippen molar-refractivity contribution < 1.29 is 14.3 Å². The Labute approximate surface area is 94.0 Å². The van der Waals surface area contributed by atoms with Gasteiger partial charge in [-0.2, -0.15) is 5.48 Å². The van der Waals surface area contributed by atoms with E-state index in [1.807, 2.05) is 0 Å². The standard InChI is InChI=1S/C10H14ClNO3/c1-13-7-4-9(11)8(6-12-15-3)10(5-7)14-2/h4-5,12H,6H2,1-3H3. The van der Waals surface area contributed by atoms with Crippen LogP contribution < -0.4 is 15.0 Å². The lowest BCUT2D eigenvalue weighted by atomic mass is 10.2. The Morgan fingerprint density at radius 2 is 1.93 bits per heavy atom. The summed E-state index contributed by atoms with van der Waals surface area (Å²) in [6.45, 7) is 0.475. The van der Waals surface area contributed by atoms with E-state index in [-0.39, 0.29) is 0 Å². The van der Waals surface area contributed by atoms with Crippen LogP contribution in [-0.4, -0.2) is 21.3 Å². The fourth-order valence-electron chi connectivity index (χ4n) is 1.20. The fraction of sp³-hybridized carbons (Fsp3) is 0.400. The minimum Gasteiger partial charge on any atom is -0.497 e. The number of hydrogen-bond donors (Lipinski definition) is 1. The lowest BCUT2D eigenvalue weighted by Gasteiger charge is -2.12. The van der Waals surface area contributed by atoms with E-state index < -0.39 is 0 Å². The van der Waals surface area contributed by atoms with Crippen molar-refractivity contribution >= 4 is 11.6 Å². The molecule has 0 aliphatic rings. The van der Waals surface area contributed by atoms with E-state index in [0.29, 0.717) is 23.1 Å². The van der Waals surface area contributed by atoms with Gasteiger partial charge in [0, 0.05) is 11.6 Å². The molecule has 0 heterocycles. The average molecular weight is 232 g/mol. The number of rotatable bonds is 5. The Kier molecular flexibility index (Phi) is 4.68. The highest BCUT2D eigenvalue weighted by Gasteiger charge is 2.10. The number of benzene rings is 1. The normalized spacial score (nSPS) is 10.1. The van der Waals surface area contributed by atoms with Crippen molar-refractivity contribution in [1.82, 2.24) is 5.48 Å². The molecular weight excluding hydrogens is 218 g/mol. The molecule has 84 valence electrons. The van der Waals surface area contributed by atoms with Gasteiger partial charge in [0.1, 0.15) is 11.5 Å². The van der Waals surface area contributed by atoms with Gasteiger partial charge in [0.25, 0.3) is 0 Å². The number of nitrogens with one attached hydrogen (secondary N) is 1. The second kappa shape index (κ2) is 5.80. The number of ether oxygens (including phenoxy) is 2. The summed E-state index contributed by atoms with van der Waals surface area (Å²) in [6, 6.07) is 3.51. The number of methoxy groups -OCH3 is 2. The van der Waals surface area contributed by atoms with E-state index in [0.717, 1.165) is 5.56 Å². The van der Waals surface area contributed by atoms with Crippen molar-refractivity contribution in [2.24, 2.45) is 0 Å². The van der Waals surface area contributed by atoms with E-state index in [4.69, 9.17) is 25.9 Å². The van der Waals surface area contributed by atoms with Crippen molar-refractivity contribution in [1.29, 1.82) is 0 Å². The Bertz CT molecular complexity index is 331. The summed E-state index contributed by atoms with van der Waals surface area (Å²) in [7, 11) is 4.71. The first-order valence-corrected chi connectivity index (χ1v) is 4.77. The third kappa shape index (κ3) is 2.99. The molecule has 0 aromatic heterocycles. The molecule has 1 aromatic rings. The molecule has 0 atom stereocenters. The molecule has 0 fully saturated rings. The average Bonchev–Trinajstić information content (AvgIpc) is 2.26. The molecule has 0 spiro atoms. The first kappa shape index (κ1) is 12.1. The summed E-state index contributed by atoms with van der Waals surface area (Å²) in [6.07, 6.45) is 0. The Hall–Kier alpha value is -0.970. The number of hydroxylamine groups is 1. The van der Waals surface area contributed by atoms with Gasteiger partial charge in [-0.1, -0.05) is 11.6 Å². The molecule has 0 radical (unpaired) electrons. The minimum absolute atomic E-state index is 0.475. The smallest absolute Gasteiger partial charge is 0.128 e. The van der Waals surface area contributed by atoms with Gasteiger partial charge < -0.3 is 14.3 Å². The van der Waals surface area contributed by atoms with Crippen LogP contribution in [0.15, 0.2) is 12.1 Å². The molecule has 0 bridgehead atoms. The van der Waals surface area contributed by atoms with Crippen LogP contribution in [0.5, 0.6) is 11.5 Å². The molecule has 5 heteroatoms. The summed E-state index contributed by atoms with van der Waals surface area (Å²) in [5.74, 6) is 1.34. The Morgan fingerprint density at radius 3 is 2.47 bits per heavy atom. The Balaban J connectivity index is 3.01. The van der Waals surface area contributed by atoms with Crippen LogP contribution in [0, 0.1) is 0 Å². The summed E-state index contributed by atoms with van der Waals surface area (Å²) < 4.78 is 10.3. The maximum atomic E-state index is 6.07. The quantitative estimate of drug-likeness (QED) is 0.787. The van der Waals surface area contributed by atoms with Crippen LogP contribution in [0.2, 0.25) is 5.02 Å². The second-order valence-corrected chi connectivity index (χ2v) is 3.22. The van der Waals surface area contributed by atoms with E-state index in [2.05, 4.69) is 5.48 Å². The van der Waals surface area contributed by atoms with E-state index in [9.17, 15) is 0 Å². The van der Waals surface area contributed by atoms with Crippen LogP contribution in [0.25, 0.3) is 0 Å². The maximum Gasteiger partial charge on any atom is 0.128 e. The largest absolute Gasteiger partial charge is 0.497 e.